The molecule has 0 radical (unpaired) electrons. The maximum absolute atomic E-state index is 13.3. The second kappa shape index (κ2) is 9.19. The van der Waals surface area contributed by atoms with Gasteiger partial charge in [-0.05, 0) is 30.2 Å². The van der Waals surface area contributed by atoms with Crippen molar-refractivity contribution >= 4 is 29.1 Å². The summed E-state index contributed by atoms with van der Waals surface area (Å²) in [5.41, 5.74) is 2.08. The van der Waals surface area contributed by atoms with E-state index in [0.29, 0.717) is 10.7 Å². The molecule has 33 heavy (non-hydrogen) atoms. The van der Waals surface area contributed by atoms with Gasteiger partial charge >= 0.3 is 12.1 Å². The fourth-order valence-electron chi connectivity index (χ4n) is 3.52. The van der Waals surface area contributed by atoms with Crippen molar-refractivity contribution < 1.29 is 22.7 Å². The van der Waals surface area contributed by atoms with Gasteiger partial charge in [0.1, 0.15) is 5.56 Å². The summed E-state index contributed by atoms with van der Waals surface area (Å²) in [6, 6.07) is 16.4. The number of carbonyl (C=O) groups is 1. The number of ether oxygens (including phenoxy) is 1. The van der Waals surface area contributed by atoms with E-state index in [-0.39, 0.29) is 30.5 Å². The number of halogens is 4. The maximum atomic E-state index is 13.3. The Kier molecular flexibility index (Phi) is 6.33. The van der Waals surface area contributed by atoms with Crippen LogP contribution in [0.5, 0.6) is 0 Å². The predicted molar refractivity (Wildman–Crippen MR) is 118 cm³/mol. The van der Waals surface area contributed by atoms with E-state index in [1.807, 2.05) is 30.3 Å². The smallest absolute Gasteiger partial charge is 0.451 e. The molecule has 170 valence electrons. The zero-order valence-corrected chi connectivity index (χ0v) is 18.1. The van der Waals surface area contributed by atoms with Gasteiger partial charge in [0.15, 0.2) is 5.82 Å². The SMILES string of the molecule is CCOC(=O)c1cnc(C(F)(F)F)nc1N1CC(c2ccccc2)C(c2ccc(Cl)cc2)=N1. The van der Waals surface area contributed by atoms with Crippen molar-refractivity contribution in [2.24, 2.45) is 5.10 Å². The van der Waals surface area contributed by atoms with Gasteiger partial charge in [-0.2, -0.15) is 18.3 Å². The Hall–Kier alpha value is -3.46. The molecule has 3 aromatic rings. The molecule has 1 atom stereocenters. The zero-order valence-electron chi connectivity index (χ0n) is 17.4. The summed E-state index contributed by atoms with van der Waals surface area (Å²) in [5.74, 6) is -2.74. The van der Waals surface area contributed by atoms with Crippen LogP contribution in [0, 0.1) is 0 Å². The van der Waals surface area contributed by atoms with Crippen LogP contribution in [0.15, 0.2) is 65.9 Å². The molecule has 2 aromatic carbocycles. The van der Waals surface area contributed by atoms with Crippen molar-refractivity contribution in [1.82, 2.24) is 9.97 Å². The van der Waals surface area contributed by atoms with E-state index in [9.17, 15) is 18.0 Å². The van der Waals surface area contributed by atoms with Gasteiger partial charge in [-0.15, -0.1) is 0 Å². The first-order valence-corrected chi connectivity index (χ1v) is 10.4. The van der Waals surface area contributed by atoms with Crippen LogP contribution < -0.4 is 5.01 Å². The van der Waals surface area contributed by atoms with E-state index in [2.05, 4.69) is 15.1 Å². The Bertz CT molecular complexity index is 1180. The normalized spacial score (nSPS) is 16.0. The minimum absolute atomic E-state index is 0.0469. The van der Waals surface area contributed by atoms with E-state index >= 15 is 0 Å². The third kappa shape index (κ3) is 4.83. The molecule has 0 N–H and O–H groups in total. The molecule has 10 heteroatoms. The number of anilines is 1. The number of alkyl halides is 3. The molecule has 1 aliphatic rings. The van der Waals surface area contributed by atoms with Crippen LogP contribution in [-0.4, -0.2) is 34.8 Å². The van der Waals surface area contributed by atoms with Gasteiger partial charge in [0.25, 0.3) is 0 Å². The zero-order chi connectivity index (χ0) is 23.6. The Morgan fingerprint density at radius 1 is 1.15 bits per heavy atom. The monoisotopic (exact) mass is 474 g/mol. The van der Waals surface area contributed by atoms with Crippen molar-refractivity contribution in [3.63, 3.8) is 0 Å². The number of hydrogen-bond acceptors (Lipinski definition) is 6. The van der Waals surface area contributed by atoms with Gasteiger partial charge in [0.2, 0.25) is 5.82 Å². The Balaban J connectivity index is 1.84. The number of esters is 1. The van der Waals surface area contributed by atoms with Crippen LogP contribution in [0.4, 0.5) is 19.0 Å². The van der Waals surface area contributed by atoms with Crippen molar-refractivity contribution in [3.05, 3.63) is 88.3 Å². The highest BCUT2D eigenvalue weighted by Gasteiger charge is 2.38. The first-order valence-electron chi connectivity index (χ1n) is 10.1. The first-order chi connectivity index (χ1) is 15.8. The van der Waals surface area contributed by atoms with Gasteiger partial charge in [0.05, 0.1) is 18.9 Å². The van der Waals surface area contributed by atoms with Gasteiger partial charge < -0.3 is 4.74 Å². The molecule has 0 saturated carbocycles. The number of nitrogens with zero attached hydrogens (tertiary/aromatic N) is 4. The fraction of sp³-hybridized carbons (Fsp3) is 0.217. The molecule has 4 rings (SSSR count). The number of hydrogen-bond donors (Lipinski definition) is 0. The largest absolute Gasteiger partial charge is 0.462 e. The lowest BCUT2D eigenvalue weighted by molar-refractivity contribution is -0.144. The molecule has 1 aliphatic heterocycles. The number of rotatable bonds is 5. The Morgan fingerprint density at radius 3 is 2.48 bits per heavy atom. The molecule has 2 heterocycles. The number of benzene rings is 2. The second-order valence-corrected chi connectivity index (χ2v) is 7.62. The van der Waals surface area contributed by atoms with Crippen LogP contribution in [0.3, 0.4) is 0 Å². The van der Waals surface area contributed by atoms with Crippen LogP contribution in [-0.2, 0) is 10.9 Å². The van der Waals surface area contributed by atoms with E-state index in [1.165, 1.54) is 5.01 Å². The van der Waals surface area contributed by atoms with Crippen LogP contribution in [0.2, 0.25) is 5.02 Å². The lowest BCUT2D eigenvalue weighted by Gasteiger charge is -2.19. The molecule has 0 spiro atoms. The standard InChI is InChI=1S/C23H18ClF3N4O2/c1-2-33-21(32)17-12-28-22(23(25,26)27)29-20(17)31-13-18(14-6-4-3-5-7-14)19(30-31)15-8-10-16(24)11-9-15/h3-12,18H,2,13H2,1H3. The lowest BCUT2D eigenvalue weighted by atomic mass is 9.91. The number of carbonyl (C=O) groups excluding carboxylic acids is 1. The highest BCUT2D eigenvalue weighted by molar-refractivity contribution is 6.30. The molecule has 0 amide bonds. The molecular formula is C23H18ClF3N4O2. The maximum Gasteiger partial charge on any atom is 0.451 e. The third-order valence-corrected chi connectivity index (χ3v) is 5.27. The summed E-state index contributed by atoms with van der Waals surface area (Å²) < 4.78 is 45.0. The van der Waals surface area contributed by atoms with Gasteiger partial charge in [0, 0.05) is 17.1 Å². The summed E-state index contributed by atoms with van der Waals surface area (Å²) in [4.78, 5) is 19.4. The fourth-order valence-corrected chi connectivity index (χ4v) is 3.65. The molecule has 0 saturated heterocycles. The topological polar surface area (TPSA) is 67.7 Å². The van der Waals surface area contributed by atoms with E-state index in [4.69, 9.17) is 16.3 Å². The summed E-state index contributed by atoms with van der Waals surface area (Å²) in [7, 11) is 0. The van der Waals surface area contributed by atoms with Gasteiger partial charge in [-0.3, -0.25) is 0 Å². The van der Waals surface area contributed by atoms with Gasteiger partial charge in [-0.25, -0.2) is 19.8 Å². The lowest BCUT2D eigenvalue weighted by Crippen LogP contribution is -2.24. The van der Waals surface area contributed by atoms with E-state index < -0.39 is 18.0 Å². The quantitative estimate of drug-likeness (QED) is 0.467. The minimum Gasteiger partial charge on any atom is -0.462 e. The van der Waals surface area contributed by atoms with Crippen LogP contribution in [0.25, 0.3) is 0 Å². The molecule has 1 unspecified atom stereocenters. The third-order valence-electron chi connectivity index (χ3n) is 5.02. The molecule has 6 nitrogen and oxygen atoms in total. The first kappa shape index (κ1) is 22.7. The summed E-state index contributed by atoms with van der Waals surface area (Å²) in [6.45, 7) is 1.81. The summed E-state index contributed by atoms with van der Waals surface area (Å²) in [5, 5.41) is 6.42. The number of hydrazone groups is 1. The highest BCUT2D eigenvalue weighted by Crippen LogP contribution is 2.35. The average molecular weight is 475 g/mol. The van der Waals surface area contributed by atoms with Crippen molar-refractivity contribution in [2.45, 2.75) is 19.0 Å². The van der Waals surface area contributed by atoms with Crippen LogP contribution >= 0.6 is 11.6 Å². The Labute approximate surface area is 192 Å². The molecular weight excluding hydrogens is 457 g/mol. The van der Waals surface area contributed by atoms with Crippen molar-refractivity contribution in [1.29, 1.82) is 0 Å². The van der Waals surface area contributed by atoms with E-state index in [1.54, 1.807) is 31.2 Å². The molecule has 1 aromatic heterocycles. The van der Waals surface area contributed by atoms with Gasteiger partial charge in [-0.1, -0.05) is 54.1 Å². The summed E-state index contributed by atoms with van der Waals surface area (Å²) in [6.07, 6.45) is -3.96. The molecule has 0 fully saturated rings. The Morgan fingerprint density at radius 2 is 1.85 bits per heavy atom. The second-order valence-electron chi connectivity index (χ2n) is 7.19. The molecule has 0 bridgehead atoms. The average Bonchev–Trinajstić information content (AvgIpc) is 3.25. The highest BCUT2D eigenvalue weighted by atomic mass is 35.5. The van der Waals surface area contributed by atoms with Crippen LogP contribution in [0.1, 0.15) is 40.2 Å². The van der Waals surface area contributed by atoms with Crippen molar-refractivity contribution in [3.8, 4) is 0 Å². The van der Waals surface area contributed by atoms with E-state index in [0.717, 1.165) is 17.3 Å². The summed E-state index contributed by atoms with van der Waals surface area (Å²) >= 11 is 6.02. The predicted octanol–water partition coefficient (Wildman–Crippen LogP) is 5.33. The molecule has 0 aliphatic carbocycles. The van der Waals surface area contributed by atoms with Crippen molar-refractivity contribution in [2.75, 3.05) is 18.2 Å². The minimum atomic E-state index is -4.79. The number of aromatic nitrogens is 2.